The molecule has 0 unspecified atom stereocenters. The number of benzene rings is 2. The van der Waals surface area contributed by atoms with Gasteiger partial charge in [0.2, 0.25) is 0 Å². The van der Waals surface area contributed by atoms with E-state index in [0.717, 1.165) is 28.3 Å². The topological polar surface area (TPSA) is 12.0 Å². The van der Waals surface area contributed by atoms with Crippen molar-refractivity contribution in [3.8, 4) is 11.1 Å². The molecule has 0 atom stereocenters. The molecule has 0 radical (unpaired) electrons. The van der Waals surface area contributed by atoms with E-state index in [0.29, 0.717) is 10.0 Å². The Kier molecular flexibility index (Phi) is 4.52. The van der Waals surface area contributed by atoms with Gasteiger partial charge < -0.3 is 5.32 Å². The van der Waals surface area contributed by atoms with Gasteiger partial charge in [-0.15, -0.1) is 0 Å². The Bertz CT molecular complexity index is 567. The van der Waals surface area contributed by atoms with Crippen molar-refractivity contribution in [2.75, 3.05) is 7.05 Å². The first kappa shape index (κ1) is 13.7. The van der Waals surface area contributed by atoms with E-state index in [-0.39, 0.29) is 0 Å². The standard InChI is InChI=1S/C14H12Cl3N/c1-18-8-10-6-11(15)3-4-12(10)9-2-5-13(16)14(17)7-9/h2-7,18H,8H2,1H3. The van der Waals surface area contributed by atoms with Crippen LogP contribution in [0.2, 0.25) is 15.1 Å². The smallest absolute Gasteiger partial charge is 0.0598 e. The van der Waals surface area contributed by atoms with E-state index in [9.17, 15) is 0 Å². The Morgan fingerprint density at radius 1 is 0.944 bits per heavy atom. The van der Waals surface area contributed by atoms with Gasteiger partial charge in [-0.1, -0.05) is 46.9 Å². The molecule has 4 heteroatoms. The van der Waals surface area contributed by atoms with Gasteiger partial charge in [0, 0.05) is 11.6 Å². The second-order valence-corrected chi connectivity index (χ2v) is 5.21. The minimum atomic E-state index is 0.555. The molecule has 1 nitrogen and oxygen atoms in total. The number of rotatable bonds is 3. The summed E-state index contributed by atoms with van der Waals surface area (Å²) in [5, 5.41) is 4.97. The number of nitrogens with one attached hydrogen (secondary N) is 1. The van der Waals surface area contributed by atoms with Gasteiger partial charge in [-0.3, -0.25) is 0 Å². The van der Waals surface area contributed by atoms with E-state index in [1.807, 2.05) is 37.4 Å². The third kappa shape index (κ3) is 2.99. The summed E-state index contributed by atoms with van der Waals surface area (Å²) in [5.74, 6) is 0. The van der Waals surface area contributed by atoms with E-state index in [2.05, 4.69) is 5.32 Å². The van der Waals surface area contributed by atoms with Crippen LogP contribution in [0.15, 0.2) is 36.4 Å². The van der Waals surface area contributed by atoms with Crippen LogP contribution in [-0.4, -0.2) is 7.05 Å². The summed E-state index contributed by atoms with van der Waals surface area (Å²) in [6.07, 6.45) is 0. The van der Waals surface area contributed by atoms with Crippen molar-refractivity contribution in [2.45, 2.75) is 6.54 Å². The van der Waals surface area contributed by atoms with Crippen LogP contribution in [-0.2, 0) is 6.54 Å². The first-order valence-corrected chi connectivity index (χ1v) is 6.63. The zero-order valence-electron chi connectivity index (χ0n) is 9.81. The maximum Gasteiger partial charge on any atom is 0.0598 e. The average Bonchev–Trinajstić information content (AvgIpc) is 2.34. The third-order valence-corrected chi connectivity index (χ3v) is 3.64. The van der Waals surface area contributed by atoms with E-state index in [4.69, 9.17) is 34.8 Å². The van der Waals surface area contributed by atoms with Crippen LogP contribution < -0.4 is 5.32 Å². The lowest BCUT2D eigenvalue weighted by atomic mass is 10.00. The molecule has 0 fully saturated rings. The van der Waals surface area contributed by atoms with Gasteiger partial charge in [-0.2, -0.15) is 0 Å². The zero-order valence-corrected chi connectivity index (χ0v) is 12.1. The van der Waals surface area contributed by atoms with Crippen LogP contribution in [0, 0.1) is 0 Å². The molecule has 94 valence electrons. The van der Waals surface area contributed by atoms with Crippen molar-refractivity contribution in [3.05, 3.63) is 57.0 Å². The molecule has 2 aromatic carbocycles. The lowest BCUT2D eigenvalue weighted by Crippen LogP contribution is -2.06. The average molecular weight is 301 g/mol. The summed E-state index contributed by atoms with van der Waals surface area (Å²) in [7, 11) is 1.90. The van der Waals surface area contributed by atoms with Crippen molar-refractivity contribution < 1.29 is 0 Å². The van der Waals surface area contributed by atoms with Gasteiger partial charge in [0.1, 0.15) is 0 Å². The Hall–Kier alpha value is -0.730. The van der Waals surface area contributed by atoms with Crippen molar-refractivity contribution >= 4 is 34.8 Å². The summed E-state index contributed by atoms with van der Waals surface area (Å²) >= 11 is 18.0. The molecule has 0 spiro atoms. The van der Waals surface area contributed by atoms with E-state index >= 15 is 0 Å². The molecule has 2 rings (SSSR count). The number of hydrogen-bond acceptors (Lipinski definition) is 1. The maximum absolute atomic E-state index is 6.05. The zero-order chi connectivity index (χ0) is 13.1. The first-order chi connectivity index (χ1) is 8.61. The maximum atomic E-state index is 6.05. The van der Waals surface area contributed by atoms with Crippen LogP contribution in [0.4, 0.5) is 0 Å². The molecule has 0 amide bonds. The van der Waals surface area contributed by atoms with Gasteiger partial charge in [0.25, 0.3) is 0 Å². The quantitative estimate of drug-likeness (QED) is 0.838. The molecule has 1 N–H and O–H groups in total. The lowest BCUT2D eigenvalue weighted by Gasteiger charge is -2.11. The third-order valence-electron chi connectivity index (χ3n) is 2.67. The Labute approximate surface area is 122 Å². The highest BCUT2D eigenvalue weighted by atomic mass is 35.5. The van der Waals surface area contributed by atoms with Crippen molar-refractivity contribution in [3.63, 3.8) is 0 Å². The molecule has 0 saturated heterocycles. The van der Waals surface area contributed by atoms with Gasteiger partial charge in [-0.05, 0) is 48.0 Å². The second-order valence-electron chi connectivity index (χ2n) is 3.96. The van der Waals surface area contributed by atoms with Crippen LogP contribution in [0.25, 0.3) is 11.1 Å². The minimum Gasteiger partial charge on any atom is -0.316 e. The highest BCUT2D eigenvalue weighted by Gasteiger charge is 2.07. The molecule has 0 aliphatic carbocycles. The van der Waals surface area contributed by atoms with Gasteiger partial charge in [0.05, 0.1) is 10.0 Å². The first-order valence-electron chi connectivity index (χ1n) is 5.50. The predicted molar refractivity (Wildman–Crippen MR) is 79.7 cm³/mol. The summed E-state index contributed by atoms with van der Waals surface area (Å²) in [4.78, 5) is 0. The highest BCUT2D eigenvalue weighted by molar-refractivity contribution is 6.42. The molecule has 0 heterocycles. The van der Waals surface area contributed by atoms with E-state index < -0.39 is 0 Å². The van der Waals surface area contributed by atoms with E-state index in [1.165, 1.54) is 0 Å². The molecule has 0 aromatic heterocycles. The van der Waals surface area contributed by atoms with Crippen LogP contribution in [0.5, 0.6) is 0 Å². The highest BCUT2D eigenvalue weighted by Crippen LogP contribution is 2.31. The summed E-state index contributed by atoms with van der Waals surface area (Å²) < 4.78 is 0. The molecular formula is C14H12Cl3N. The fraction of sp³-hybridized carbons (Fsp3) is 0.143. The molecule has 2 aromatic rings. The monoisotopic (exact) mass is 299 g/mol. The largest absolute Gasteiger partial charge is 0.316 e. The minimum absolute atomic E-state index is 0.555. The van der Waals surface area contributed by atoms with Crippen molar-refractivity contribution in [1.82, 2.24) is 5.32 Å². The second kappa shape index (κ2) is 5.94. The fourth-order valence-electron chi connectivity index (χ4n) is 1.84. The van der Waals surface area contributed by atoms with E-state index in [1.54, 1.807) is 6.07 Å². The molecule has 0 aliphatic heterocycles. The fourth-order valence-corrected chi connectivity index (χ4v) is 2.34. The SMILES string of the molecule is CNCc1cc(Cl)ccc1-c1ccc(Cl)c(Cl)c1. The Balaban J connectivity index is 2.51. The lowest BCUT2D eigenvalue weighted by molar-refractivity contribution is 0.819. The van der Waals surface area contributed by atoms with Crippen LogP contribution in [0.3, 0.4) is 0 Å². The van der Waals surface area contributed by atoms with Gasteiger partial charge in [0.15, 0.2) is 0 Å². The predicted octanol–water partition coefficient (Wildman–Crippen LogP) is 5.03. The molecular weight excluding hydrogens is 289 g/mol. The number of hydrogen-bond donors (Lipinski definition) is 1. The van der Waals surface area contributed by atoms with Gasteiger partial charge in [-0.25, -0.2) is 0 Å². The van der Waals surface area contributed by atoms with Crippen molar-refractivity contribution in [2.24, 2.45) is 0 Å². The summed E-state index contributed by atoms with van der Waals surface area (Å²) in [6, 6.07) is 11.4. The van der Waals surface area contributed by atoms with Crippen molar-refractivity contribution in [1.29, 1.82) is 0 Å². The Morgan fingerprint density at radius 2 is 1.72 bits per heavy atom. The normalized spacial score (nSPS) is 10.7. The molecule has 0 aliphatic rings. The summed E-state index contributed by atoms with van der Waals surface area (Å²) in [5.41, 5.74) is 3.27. The van der Waals surface area contributed by atoms with Gasteiger partial charge >= 0.3 is 0 Å². The van der Waals surface area contributed by atoms with Crippen LogP contribution in [0.1, 0.15) is 5.56 Å². The van der Waals surface area contributed by atoms with Crippen LogP contribution >= 0.6 is 34.8 Å². The summed E-state index contributed by atoms with van der Waals surface area (Å²) in [6.45, 7) is 0.746. The molecule has 0 saturated carbocycles. The molecule has 0 bridgehead atoms. The number of halogens is 3. The molecule has 18 heavy (non-hydrogen) atoms. The Morgan fingerprint density at radius 3 is 2.39 bits per heavy atom.